The van der Waals surface area contributed by atoms with Crippen LogP contribution in [0.25, 0.3) is 0 Å². The van der Waals surface area contributed by atoms with E-state index in [0.717, 1.165) is 24.1 Å². The molecule has 0 radical (unpaired) electrons. The van der Waals surface area contributed by atoms with Crippen LogP contribution in [0.1, 0.15) is 64.5 Å². The Morgan fingerprint density at radius 1 is 1.10 bits per heavy atom. The first-order chi connectivity index (χ1) is 10.1. The highest BCUT2D eigenvalue weighted by atomic mass is 16.5. The molecule has 1 unspecified atom stereocenters. The van der Waals surface area contributed by atoms with Crippen molar-refractivity contribution >= 4 is 0 Å². The van der Waals surface area contributed by atoms with Gasteiger partial charge in [-0.25, -0.2) is 0 Å². The van der Waals surface area contributed by atoms with Crippen molar-refractivity contribution in [3.8, 4) is 5.75 Å². The highest BCUT2D eigenvalue weighted by Gasteiger charge is 2.40. The number of para-hydroxylation sites is 1. The van der Waals surface area contributed by atoms with Crippen molar-refractivity contribution in [1.82, 2.24) is 5.32 Å². The van der Waals surface area contributed by atoms with Crippen LogP contribution in [0.2, 0.25) is 0 Å². The van der Waals surface area contributed by atoms with Crippen LogP contribution in [-0.4, -0.2) is 12.1 Å². The molecule has 1 aromatic rings. The summed E-state index contributed by atoms with van der Waals surface area (Å²) in [5, 5.41) is 3.81. The molecule has 1 N–H and O–H groups in total. The summed E-state index contributed by atoms with van der Waals surface area (Å²) in [6.45, 7) is 7.85. The Hall–Kier alpha value is -1.02. The molecule has 1 saturated carbocycles. The molecular formula is C19H29NO. The maximum Gasteiger partial charge on any atom is 0.125 e. The van der Waals surface area contributed by atoms with E-state index >= 15 is 0 Å². The van der Waals surface area contributed by atoms with E-state index in [2.05, 4.69) is 50.4 Å². The van der Waals surface area contributed by atoms with E-state index in [4.69, 9.17) is 4.74 Å². The van der Waals surface area contributed by atoms with Gasteiger partial charge in [0.25, 0.3) is 0 Å². The van der Waals surface area contributed by atoms with Crippen molar-refractivity contribution in [2.75, 3.05) is 6.54 Å². The average Bonchev–Trinajstić information content (AvgIpc) is 2.75. The van der Waals surface area contributed by atoms with Crippen LogP contribution in [-0.2, 0) is 0 Å². The van der Waals surface area contributed by atoms with Gasteiger partial charge in [0, 0.05) is 5.56 Å². The zero-order valence-corrected chi connectivity index (χ0v) is 13.7. The Morgan fingerprint density at radius 3 is 2.48 bits per heavy atom. The van der Waals surface area contributed by atoms with Gasteiger partial charge in [-0.05, 0) is 51.1 Å². The molecule has 2 aliphatic rings. The fraction of sp³-hybridized carbons (Fsp3) is 0.684. The van der Waals surface area contributed by atoms with Gasteiger partial charge < -0.3 is 10.1 Å². The quantitative estimate of drug-likeness (QED) is 0.866. The lowest BCUT2D eigenvalue weighted by Crippen LogP contribution is -2.41. The molecule has 1 atom stereocenters. The van der Waals surface area contributed by atoms with Gasteiger partial charge in [-0.1, -0.05) is 44.4 Å². The van der Waals surface area contributed by atoms with Gasteiger partial charge in [-0.2, -0.15) is 0 Å². The Balaban J connectivity index is 1.60. The SMILES string of the molecule is CCC1CCC(CNC2c3ccccc3OC2(C)C)CC1. The van der Waals surface area contributed by atoms with Crippen LogP contribution in [0, 0.1) is 11.8 Å². The second-order valence-electron chi connectivity index (χ2n) is 7.38. The molecule has 0 amide bonds. The zero-order chi connectivity index (χ0) is 14.9. The standard InChI is InChI=1S/C19H29NO/c1-4-14-9-11-15(12-10-14)13-20-18-16-7-5-6-8-17(16)21-19(18,2)3/h5-8,14-15,18,20H,4,9-13H2,1-3H3. The molecule has 0 saturated heterocycles. The second-order valence-corrected chi connectivity index (χ2v) is 7.38. The fourth-order valence-electron chi connectivity index (χ4n) is 4.01. The summed E-state index contributed by atoms with van der Waals surface area (Å²) in [5.41, 5.74) is 1.18. The number of fused-ring (bicyclic) bond motifs is 1. The van der Waals surface area contributed by atoms with Crippen LogP contribution in [0.5, 0.6) is 5.75 Å². The smallest absolute Gasteiger partial charge is 0.125 e. The molecule has 1 aliphatic heterocycles. The molecule has 1 heterocycles. The molecule has 0 bridgehead atoms. The van der Waals surface area contributed by atoms with Gasteiger partial charge in [0.15, 0.2) is 0 Å². The maximum atomic E-state index is 6.12. The van der Waals surface area contributed by atoms with E-state index in [1.165, 1.54) is 37.7 Å². The van der Waals surface area contributed by atoms with Crippen LogP contribution < -0.4 is 10.1 Å². The third kappa shape index (κ3) is 3.11. The summed E-state index contributed by atoms with van der Waals surface area (Å²) >= 11 is 0. The minimum atomic E-state index is -0.149. The average molecular weight is 287 g/mol. The maximum absolute atomic E-state index is 6.12. The molecule has 2 nitrogen and oxygen atoms in total. The van der Waals surface area contributed by atoms with Crippen LogP contribution in [0.4, 0.5) is 0 Å². The normalized spacial score (nSPS) is 30.7. The number of rotatable bonds is 4. The summed E-state index contributed by atoms with van der Waals surface area (Å²) in [4.78, 5) is 0. The second kappa shape index (κ2) is 6.00. The zero-order valence-electron chi connectivity index (χ0n) is 13.7. The third-order valence-corrected chi connectivity index (χ3v) is 5.45. The van der Waals surface area contributed by atoms with Crippen molar-refractivity contribution in [3.05, 3.63) is 29.8 Å². The molecule has 21 heavy (non-hydrogen) atoms. The molecule has 2 heteroatoms. The molecule has 116 valence electrons. The van der Waals surface area contributed by atoms with E-state index in [9.17, 15) is 0 Å². The summed E-state index contributed by atoms with van der Waals surface area (Å²) in [6.07, 6.45) is 6.98. The van der Waals surface area contributed by atoms with E-state index in [1.807, 2.05) is 0 Å². The molecule has 1 aliphatic carbocycles. The lowest BCUT2D eigenvalue weighted by atomic mass is 9.80. The van der Waals surface area contributed by atoms with Crippen molar-refractivity contribution in [1.29, 1.82) is 0 Å². The fourth-order valence-corrected chi connectivity index (χ4v) is 4.01. The lowest BCUT2D eigenvalue weighted by molar-refractivity contribution is 0.0925. The molecule has 1 fully saturated rings. The molecule has 0 spiro atoms. The molecule has 1 aromatic carbocycles. The highest BCUT2D eigenvalue weighted by molar-refractivity contribution is 5.42. The Labute approximate surface area is 129 Å². The third-order valence-electron chi connectivity index (χ3n) is 5.45. The van der Waals surface area contributed by atoms with Crippen molar-refractivity contribution in [2.24, 2.45) is 11.8 Å². The summed E-state index contributed by atoms with van der Waals surface area (Å²) in [6, 6.07) is 8.78. The number of nitrogens with one attached hydrogen (secondary N) is 1. The van der Waals surface area contributed by atoms with Crippen LogP contribution >= 0.6 is 0 Å². The van der Waals surface area contributed by atoms with Crippen molar-refractivity contribution in [2.45, 2.75) is 64.5 Å². The molecular weight excluding hydrogens is 258 g/mol. The van der Waals surface area contributed by atoms with Gasteiger partial charge in [0.05, 0.1) is 6.04 Å². The Bertz CT molecular complexity index is 474. The monoisotopic (exact) mass is 287 g/mol. The van der Waals surface area contributed by atoms with E-state index < -0.39 is 0 Å². The highest BCUT2D eigenvalue weighted by Crippen LogP contribution is 2.43. The first-order valence-corrected chi connectivity index (χ1v) is 8.61. The summed E-state index contributed by atoms with van der Waals surface area (Å²) in [5.74, 6) is 2.87. The van der Waals surface area contributed by atoms with Crippen LogP contribution in [0.15, 0.2) is 24.3 Å². The Kier molecular flexibility index (Phi) is 4.26. The minimum absolute atomic E-state index is 0.149. The Morgan fingerprint density at radius 2 is 1.76 bits per heavy atom. The van der Waals surface area contributed by atoms with Gasteiger partial charge >= 0.3 is 0 Å². The number of hydrogen-bond acceptors (Lipinski definition) is 2. The van der Waals surface area contributed by atoms with Gasteiger partial charge in [-0.15, -0.1) is 0 Å². The van der Waals surface area contributed by atoms with Crippen molar-refractivity contribution < 1.29 is 4.74 Å². The minimum Gasteiger partial charge on any atom is -0.486 e. The number of benzene rings is 1. The van der Waals surface area contributed by atoms with E-state index in [0.29, 0.717) is 6.04 Å². The lowest BCUT2D eigenvalue weighted by Gasteiger charge is -2.32. The molecule has 3 rings (SSSR count). The van der Waals surface area contributed by atoms with E-state index in [1.54, 1.807) is 0 Å². The number of ether oxygens (including phenoxy) is 1. The molecule has 0 aromatic heterocycles. The van der Waals surface area contributed by atoms with E-state index in [-0.39, 0.29) is 5.60 Å². The van der Waals surface area contributed by atoms with Gasteiger partial charge in [-0.3, -0.25) is 0 Å². The summed E-state index contributed by atoms with van der Waals surface area (Å²) in [7, 11) is 0. The first kappa shape index (κ1) is 14.9. The van der Waals surface area contributed by atoms with Gasteiger partial charge in [0.2, 0.25) is 0 Å². The van der Waals surface area contributed by atoms with Gasteiger partial charge in [0.1, 0.15) is 11.4 Å². The van der Waals surface area contributed by atoms with Crippen LogP contribution in [0.3, 0.4) is 0 Å². The summed E-state index contributed by atoms with van der Waals surface area (Å²) < 4.78 is 6.12. The first-order valence-electron chi connectivity index (χ1n) is 8.61. The predicted molar refractivity (Wildman–Crippen MR) is 87.6 cm³/mol. The predicted octanol–water partition coefficient (Wildman–Crippen LogP) is 4.70. The van der Waals surface area contributed by atoms with Crippen molar-refractivity contribution in [3.63, 3.8) is 0 Å². The largest absolute Gasteiger partial charge is 0.486 e. The number of hydrogen-bond donors (Lipinski definition) is 1. The topological polar surface area (TPSA) is 21.3 Å².